The summed E-state index contributed by atoms with van der Waals surface area (Å²) in [5.41, 5.74) is 5.85. The van der Waals surface area contributed by atoms with Gasteiger partial charge < -0.3 is 10.6 Å². The van der Waals surface area contributed by atoms with Crippen molar-refractivity contribution in [2.45, 2.75) is 0 Å². The number of anilines is 1. The largest absolute Gasteiger partial charge is 0.384 e. The van der Waals surface area contributed by atoms with Gasteiger partial charge in [0.15, 0.2) is 0 Å². The van der Waals surface area contributed by atoms with E-state index in [2.05, 4.69) is 4.98 Å². The number of nitrogens with two attached hydrogens (primary N) is 1. The third kappa shape index (κ3) is 1.89. The Bertz CT molecular complexity index is 335. The lowest BCUT2D eigenvalue weighted by molar-refractivity contribution is 1.07. The van der Waals surface area contributed by atoms with Crippen LogP contribution in [0.15, 0.2) is 12.3 Å². The second-order valence-corrected chi connectivity index (χ2v) is 3.18. The molecule has 4 nitrogen and oxygen atoms in total. The van der Waals surface area contributed by atoms with Crippen molar-refractivity contribution in [3.05, 3.63) is 22.8 Å². The SMILES string of the molecule is CN(C)c1nccc(C(=N)N)c1Cl. The van der Waals surface area contributed by atoms with Crippen molar-refractivity contribution >= 4 is 23.3 Å². The number of nitrogens with zero attached hydrogens (tertiary/aromatic N) is 2. The highest BCUT2D eigenvalue weighted by Crippen LogP contribution is 2.24. The van der Waals surface area contributed by atoms with E-state index in [1.54, 1.807) is 17.2 Å². The predicted molar refractivity (Wildman–Crippen MR) is 54.6 cm³/mol. The molecule has 0 radical (unpaired) electrons. The number of nitrogen functional groups attached to an aromatic ring is 1. The van der Waals surface area contributed by atoms with Gasteiger partial charge in [0.25, 0.3) is 0 Å². The molecule has 0 aliphatic carbocycles. The fourth-order valence-corrected chi connectivity index (χ4v) is 1.34. The Labute approximate surface area is 81.8 Å². The molecule has 1 aromatic rings. The Hall–Kier alpha value is -1.29. The van der Waals surface area contributed by atoms with E-state index in [4.69, 9.17) is 22.7 Å². The van der Waals surface area contributed by atoms with Crippen molar-refractivity contribution in [1.82, 2.24) is 4.98 Å². The van der Waals surface area contributed by atoms with Crippen LogP contribution in [0, 0.1) is 5.41 Å². The second-order valence-electron chi connectivity index (χ2n) is 2.80. The summed E-state index contributed by atoms with van der Waals surface area (Å²) in [5.74, 6) is 0.574. The summed E-state index contributed by atoms with van der Waals surface area (Å²) >= 11 is 5.97. The van der Waals surface area contributed by atoms with Crippen LogP contribution in [0.1, 0.15) is 5.56 Å². The molecule has 0 aliphatic heterocycles. The summed E-state index contributed by atoms with van der Waals surface area (Å²) in [6.07, 6.45) is 1.58. The van der Waals surface area contributed by atoms with Crippen LogP contribution >= 0.6 is 11.6 Å². The smallest absolute Gasteiger partial charge is 0.147 e. The molecule has 70 valence electrons. The Morgan fingerprint density at radius 3 is 2.69 bits per heavy atom. The highest BCUT2D eigenvalue weighted by atomic mass is 35.5. The van der Waals surface area contributed by atoms with Gasteiger partial charge >= 0.3 is 0 Å². The lowest BCUT2D eigenvalue weighted by atomic mass is 10.2. The van der Waals surface area contributed by atoms with Gasteiger partial charge in [0.1, 0.15) is 11.7 Å². The Balaban J connectivity index is 3.26. The molecule has 1 rings (SSSR count). The van der Waals surface area contributed by atoms with Crippen LogP contribution in [-0.2, 0) is 0 Å². The Morgan fingerprint density at radius 1 is 1.62 bits per heavy atom. The van der Waals surface area contributed by atoms with E-state index in [-0.39, 0.29) is 5.84 Å². The summed E-state index contributed by atoms with van der Waals surface area (Å²) in [5, 5.41) is 7.68. The van der Waals surface area contributed by atoms with Crippen molar-refractivity contribution in [1.29, 1.82) is 5.41 Å². The van der Waals surface area contributed by atoms with E-state index in [0.29, 0.717) is 16.4 Å². The molecule has 0 aliphatic rings. The van der Waals surface area contributed by atoms with Gasteiger partial charge in [0.05, 0.1) is 5.02 Å². The number of hydrogen-bond donors (Lipinski definition) is 2. The van der Waals surface area contributed by atoms with Gasteiger partial charge in [-0.1, -0.05) is 11.6 Å². The van der Waals surface area contributed by atoms with Crippen molar-refractivity contribution in [3.8, 4) is 0 Å². The van der Waals surface area contributed by atoms with E-state index in [1.807, 2.05) is 14.1 Å². The summed E-state index contributed by atoms with van der Waals surface area (Å²) in [7, 11) is 3.66. The first-order valence-corrected chi connectivity index (χ1v) is 4.08. The molecule has 0 saturated carbocycles. The van der Waals surface area contributed by atoms with Gasteiger partial charge in [-0.25, -0.2) is 4.98 Å². The van der Waals surface area contributed by atoms with Crippen LogP contribution in [0.3, 0.4) is 0 Å². The number of aromatic nitrogens is 1. The molecule has 3 N–H and O–H groups in total. The van der Waals surface area contributed by atoms with Crippen LogP contribution in [0.5, 0.6) is 0 Å². The van der Waals surface area contributed by atoms with E-state index < -0.39 is 0 Å². The maximum absolute atomic E-state index is 7.26. The zero-order valence-electron chi connectivity index (χ0n) is 7.50. The van der Waals surface area contributed by atoms with Crippen molar-refractivity contribution in [2.75, 3.05) is 19.0 Å². The Morgan fingerprint density at radius 2 is 2.23 bits per heavy atom. The standard InChI is InChI=1S/C8H11ClN4/c1-13(2)8-6(9)5(7(10)11)3-4-12-8/h3-4H,1-2H3,(H3,10,11). The zero-order valence-corrected chi connectivity index (χ0v) is 8.26. The number of hydrogen-bond acceptors (Lipinski definition) is 3. The third-order valence-electron chi connectivity index (χ3n) is 1.58. The van der Waals surface area contributed by atoms with E-state index >= 15 is 0 Å². The molecular formula is C8H11ClN4. The zero-order chi connectivity index (χ0) is 10.0. The first kappa shape index (κ1) is 9.80. The third-order valence-corrected chi connectivity index (χ3v) is 1.96. The molecule has 0 amide bonds. The van der Waals surface area contributed by atoms with Crippen LogP contribution < -0.4 is 10.6 Å². The van der Waals surface area contributed by atoms with Crippen LogP contribution in [0.25, 0.3) is 0 Å². The van der Waals surface area contributed by atoms with Crippen LogP contribution in [0.2, 0.25) is 5.02 Å². The van der Waals surface area contributed by atoms with Crippen LogP contribution in [-0.4, -0.2) is 24.9 Å². The molecule has 0 fully saturated rings. The van der Waals surface area contributed by atoms with Gasteiger partial charge in [-0.3, -0.25) is 5.41 Å². The molecule has 0 aromatic carbocycles. The molecule has 0 saturated heterocycles. The first-order chi connectivity index (χ1) is 6.04. The topological polar surface area (TPSA) is 66.0 Å². The summed E-state index contributed by atoms with van der Waals surface area (Å²) in [6.45, 7) is 0. The molecule has 0 spiro atoms. The summed E-state index contributed by atoms with van der Waals surface area (Å²) in [6, 6.07) is 1.62. The average Bonchev–Trinajstić information content (AvgIpc) is 2.03. The summed E-state index contributed by atoms with van der Waals surface area (Å²) < 4.78 is 0. The predicted octanol–water partition coefficient (Wildman–Crippen LogP) is 1.09. The maximum Gasteiger partial charge on any atom is 0.147 e. The number of pyridine rings is 1. The lowest BCUT2D eigenvalue weighted by Gasteiger charge is -2.14. The summed E-state index contributed by atoms with van der Waals surface area (Å²) in [4.78, 5) is 5.84. The van der Waals surface area contributed by atoms with Gasteiger partial charge in [-0.15, -0.1) is 0 Å². The quantitative estimate of drug-likeness (QED) is 0.552. The number of amidine groups is 1. The Kier molecular flexibility index (Phi) is 2.72. The van der Waals surface area contributed by atoms with Gasteiger partial charge in [-0.2, -0.15) is 0 Å². The maximum atomic E-state index is 7.26. The van der Waals surface area contributed by atoms with Crippen LogP contribution in [0.4, 0.5) is 5.82 Å². The van der Waals surface area contributed by atoms with Crippen molar-refractivity contribution < 1.29 is 0 Å². The molecule has 1 heterocycles. The molecule has 1 aromatic heterocycles. The monoisotopic (exact) mass is 198 g/mol. The fraction of sp³-hybridized carbons (Fsp3) is 0.250. The van der Waals surface area contributed by atoms with Gasteiger partial charge in [0.2, 0.25) is 0 Å². The minimum atomic E-state index is -0.0458. The minimum Gasteiger partial charge on any atom is -0.384 e. The van der Waals surface area contributed by atoms with Gasteiger partial charge in [-0.05, 0) is 6.07 Å². The molecule has 5 heteroatoms. The molecule has 0 atom stereocenters. The van der Waals surface area contributed by atoms with Crippen molar-refractivity contribution in [3.63, 3.8) is 0 Å². The van der Waals surface area contributed by atoms with Gasteiger partial charge in [0, 0.05) is 25.9 Å². The highest BCUT2D eigenvalue weighted by molar-refractivity contribution is 6.36. The minimum absolute atomic E-state index is 0.0458. The number of nitrogens with one attached hydrogen (secondary N) is 1. The first-order valence-electron chi connectivity index (χ1n) is 3.70. The number of halogens is 1. The molecule has 13 heavy (non-hydrogen) atoms. The molecule has 0 bridgehead atoms. The normalized spacial score (nSPS) is 9.77. The highest BCUT2D eigenvalue weighted by Gasteiger charge is 2.10. The fourth-order valence-electron chi connectivity index (χ4n) is 0.952. The van der Waals surface area contributed by atoms with E-state index in [1.165, 1.54) is 0 Å². The molecular weight excluding hydrogens is 188 g/mol. The van der Waals surface area contributed by atoms with E-state index in [0.717, 1.165) is 0 Å². The lowest BCUT2D eigenvalue weighted by Crippen LogP contribution is -2.16. The second kappa shape index (κ2) is 3.62. The van der Waals surface area contributed by atoms with E-state index in [9.17, 15) is 0 Å². The number of rotatable bonds is 2. The molecule has 0 unspecified atom stereocenters. The van der Waals surface area contributed by atoms with Crippen molar-refractivity contribution in [2.24, 2.45) is 5.73 Å². The average molecular weight is 199 g/mol.